The molecule has 1 atom stereocenters. The predicted octanol–water partition coefficient (Wildman–Crippen LogP) is 6.80. The number of carboxylic acid groups (broad SMARTS) is 1. The minimum absolute atomic E-state index is 0.0245. The molecule has 45 heavy (non-hydrogen) atoms. The number of rotatable bonds is 15. The molecule has 3 aromatic rings. The molecule has 2 aromatic carbocycles. The van der Waals surface area contributed by atoms with Crippen molar-refractivity contribution in [3.8, 4) is 11.4 Å². The minimum Gasteiger partial charge on any atom is -0.478 e. The number of H-pyrrole nitrogens is 1. The zero-order valence-electron chi connectivity index (χ0n) is 27.4. The number of imidazole rings is 1. The van der Waals surface area contributed by atoms with Gasteiger partial charge in [-0.3, -0.25) is 9.59 Å². The zero-order valence-corrected chi connectivity index (χ0v) is 28.4. The summed E-state index contributed by atoms with van der Waals surface area (Å²) >= 11 is 0. The molecule has 0 spiro atoms. The first kappa shape index (κ1) is 34.1. The van der Waals surface area contributed by atoms with Gasteiger partial charge in [0.15, 0.2) is 6.10 Å². The van der Waals surface area contributed by atoms with Crippen molar-refractivity contribution in [1.29, 1.82) is 0 Å². The van der Waals surface area contributed by atoms with Crippen LogP contribution < -0.4 is 0 Å². The Labute approximate surface area is 268 Å². The van der Waals surface area contributed by atoms with Gasteiger partial charge in [-0.2, -0.15) is 0 Å². The van der Waals surface area contributed by atoms with E-state index in [0.29, 0.717) is 49.9 Å². The molecule has 242 valence electrons. The largest absolute Gasteiger partial charge is 0.478 e. The highest BCUT2D eigenvalue weighted by Crippen LogP contribution is 2.29. The van der Waals surface area contributed by atoms with Crippen LogP contribution in [0.3, 0.4) is 0 Å². The van der Waals surface area contributed by atoms with E-state index in [9.17, 15) is 19.5 Å². The lowest BCUT2D eigenvalue weighted by molar-refractivity contribution is -0.144. The van der Waals surface area contributed by atoms with Gasteiger partial charge >= 0.3 is 5.97 Å². The number of nitrogens with one attached hydrogen (secondary N) is 1. The molecule has 10 heteroatoms. The lowest BCUT2D eigenvalue weighted by atomic mass is 9.97. The molecule has 1 aromatic heterocycles. The van der Waals surface area contributed by atoms with Crippen LogP contribution in [0, 0.1) is 0 Å². The number of aromatic carboxylic acids is 1. The maximum atomic E-state index is 14.0. The molecule has 2 heterocycles. The number of aromatic nitrogens is 2. The van der Waals surface area contributed by atoms with Crippen LogP contribution in [0.4, 0.5) is 0 Å². The van der Waals surface area contributed by atoms with Gasteiger partial charge in [0.1, 0.15) is 5.82 Å². The van der Waals surface area contributed by atoms with E-state index in [4.69, 9.17) is 4.74 Å². The lowest BCUT2D eigenvalue weighted by Crippen LogP contribution is -2.38. The molecule has 0 saturated carbocycles. The van der Waals surface area contributed by atoms with Gasteiger partial charge in [-0.05, 0) is 54.6 Å². The van der Waals surface area contributed by atoms with E-state index in [1.54, 1.807) is 17.2 Å². The number of nitrogens with zero attached hydrogens (tertiary/aromatic N) is 3. The fourth-order valence-electron chi connectivity index (χ4n) is 5.48. The van der Waals surface area contributed by atoms with E-state index in [-0.39, 0.29) is 22.9 Å². The van der Waals surface area contributed by atoms with Crippen molar-refractivity contribution in [1.82, 2.24) is 19.8 Å². The third kappa shape index (κ3) is 8.91. The number of aromatic amines is 1. The maximum absolute atomic E-state index is 14.0. The van der Waals surface area contributed by atoms with Crippen LogP contribution in [0.2, 0.25) is 25.7 Å². The van der Waals surface area contributed by atoms with Crippen molar-refractivity contribution in [2.75, 3.05) is 26.2 Å². The maximum Gasteiger partial charge on any atom is 0.335 e. The molecule has 0 saturated heterocycles. The van der Waals surface area contributed by atoms with E-state index in [0.717, 1.165) is 43.7 Å². The molecule has 9 nitrogen and oxygen atoms in total. The molecule has 0 fully saturated rings. The summed E-state index contributed by atoms with van der Waals surface area (Å²) in [5.74, 6) is -1.07. The summed E-state index contributed by atoms with van der Waals surface area (Å²) in [6, 6.07) is 13.5. The van der Waals surface area contributed by atoms with Crippen molar-refractivity contribution in [2.45, 2.75) is 84.3 Å². The third-order valence-electron chi connectivity index (χ3n) is 8.28. The van der Waals surface area contributed by atoms with E-state index in [1.165, 1.54) is 17.7 Å². The summed E-state index contributed by atoms with van der Waals surface area (Å²) in [6.07, 6.45) is 5.27. The Bertz CT molecular complexity index is 1470. The molecule has 2 amide bonds. The standard InChI is InChI=1S/C35H48N4O5Si/c1-6-8-17-38(18-9-7-2)34(41)31(44-20-21-45(3,4)5)30-23-36-32(37-30)28-15-14-26(35(42)43)22-29(28)33(40)39-19-16-25-12-10-11-13-27(25)24-39/h10-15,22-23,31H,6-9,16-21,24H2,1-5H3,(H,36,37)(H,42,43). The fraction of sp³-hybridized carbons (Fsp3) is 0.486. The molecule has 1 aliphatic heterocycles. The number of carbonyl (C=O) groups excluding carboxylic acids is 2. The van der Waals surface area contributed by atoms with Crippen molar-refractivity contribution < 1.29 is 24.2 Å². The van der Waals surface area contributed by atoms with Gasteiger partial charge in [0.25, 0.3) is 11.8 Å². The number of amides is 2. The number of hydrogen-bond donors (Lipinski definition) is 2. The van der Waals surface area contributed by atoms with Crippen LogP contribution >= 0.6 is 0 Å². The van der Waals surface area contributed by atoms with Gasteiger partial charge in [-0.1, -0.05) is 70.6 Å². The van der Waals surface area contributed by atoms with Gasteiger partial charge in [0.2, 0.25) is 0 Å². The molecule has 2 N–H and O–H groups in total. The summed E-state index contributed by atoms with van der Waals surface area (Å²) in [5.41, 5.74) is 3.59. The summed E-state index contributed by atoms with van der Waals surface area (Å²) < 4.78 is 6.33. The summed E-state index contributed by atoms with van der Waals surface area (Å²) in [6.45, 7) is 13.8. The predicted molar refractivity (Wildman–Crippen MR) is 179 cm³/mol. The second-order valence-electron chi connectivity index (χ2n) is 13.1. The quantitative estimate of drug-likeness (QED) is 0.178. The molecule has 0 aliphatic carbocycles. The summed E-state index contributed by atoms with van der Waals surface area (Å²) in [4.78, 5) is 51.4. The normalized spacial score (nSPS) is 13.8. The van der Waals surface area contributed by atoms with E-state index in [1.807, 2.05) is 23.1 Å². The van der Waals surface area contributed by atoms with Crippen LogP contribution in [0.25, 0.3) is 11.4 Å². The van der Waals surface area contributed by atoms with Crippen LogP contribution in [0.5, 0.6) is 0 Å². The van der Waals surface area contributed by atoms with Crippen molar-refractivity contribution >= 4 is 25.9 Å². The number of ether oxygens (including phenoxy) is 1. The molecular weight excluding hydrogens is 584 g/mol. The molecule has 1 aliphatic rings. The molecule has 0 radical (unpaired) electrons. The molecular formula is C35H48N4O5Si. The molecule has 4 rings (SSSR count). The van der Waals surface area contributed by atoms with E-state index in [2.05, 4.69) is 49.5 Å². The SMILES string of the molecule is CCCCN(CCCC)C(=O)C(OCC[Si](C)(C)C)c1cnc(-c2ccc(C(=O)O)cc2C(=O)N2CCc3ccccc3C2)[nH]1. The van der Waals surface area contributed by atoms with Gasteiger partial charge in [-0.15, -0.1) is 0 Å². The van der Waals surface area contributed by atoms with Crippen molar-refractivity contribution in [3.05, 3.63) is 76.6 Å². The lowest BCUT2D eigenvalue weighted by Gasteiger charge is -2.29. The number of carbonyl (C=O) groups is 3. The fourth-order valence-corrected chi connectivity index (χ4v) is 6.21. The summed E-state index contributed by atoms with van der Waals surface area (Å²) in [5, 5.41) is 9.74. The summed E-state index contributed by atoms with van der Waals surface area (Å²) in [7, 11) is -1.42. The zero-order chi connectivity index (χ0) is 32.6. The van der Waals surface area contributed by atoms with Crippen LogP contribution in [-0.4, -0.2) is 77.0 Å². The topological polar surface area (TPSA) is 116 Å². The Morgan fingerprint density at radius 3 is 2.38 bits per heavy atom. The van der Waals surface area contributed by atoms with Gasteiger partial charge < -0.3 is 24.6 Å². The number of fused-ring (bicyclic) bond motifs is 1. The minimum atomic E-state index is -1.42. The van der Waals surface area contributed by atoms with Crippen LogP contribution in [0.1, 0.15) is 83.2 Å². The second-order valence-corrected chi connectivity index (χ2v) is 18.7. The Morgan fingerprint density at radius 2 is 1.73 bits per heavy atom. The first-order valence-corrected chi connectivity index (χ1v) is 19.9. The Morgan fingerprint density at radius 1 is 1.04 bits per heavy atom. The Hall–Kier alpha value is -3.76. The van der Waals surface area contributed by atoms with Gasteiger partial charge in [-0.25, -0.2) is 9.78 Å². The van der Waals surface area contributed by atoms with E-state index >= 15 is 0 Å². The Balaban J connectivity index is 1.68. The molecule has 1 unspecified atom stereocenters. The number of unbranched alkanes of at least 4 members (excludes halogenated alkanes) is 2. The first-order valence-electron chi connectivity index (χ1n) is 16.2. The number of benzene rings is 2. The monoisotopic (exact) mass is 632 g/mol. The van der Waals surface area contributed by atoms with Crippen LogP contribution in [0.15, 0.2) is 48.7 Å². The average molecular weight is 633 g/mol. The van der Waals surface area contributed by atoms with Gasteiger partial charge in [0.05, 0.1) is 23.0 Å². The van der Waals surface area contributed by atoms with Crippen molar-refractivity contribution in [3.63, 3.8) is 0 Å². The smallest absolute Gasteiger partial charge is 0.335 e. The van der Waals surface area contributed by atoms with Crippen molar-refractivity contribution in [2.24, 2.45) is 0 Å². The first-order chi connectivity index (χ1) is 21.5. The van der Waals surface area contributed by atoms with E-state index < -0.39 is 20.1 Å². The number of hydrogen-bond acceptors (Lipinski definition) is 5. The van der Waals surface area contributed by atoms with Gasteiger partial charge in [0, 0.05) is 46.4 Å². The number of carboxylic acids is 1. The average Bonchev–Trinajstić information content (AvgIpc) is 3.51. The highest BCUT2D eigenvalue weighted by atomic mass is 28.3. The Kier molecular flexibility index (Phi) is 11.7. The highest BCUT2D eigenvalue weighted by molar-refractivity contribution is 6.76. The van der Waals surface area contributed by atoms with Crippen LogP contribution in [-0.2, 0) is 22.5 Å². The highest BCUT2D eigenvalue weighted by Gasteiger charge is 2.31. The second kappa shape index (κ2) is 15.5. The molecule has 0 bridgehead atoms. The third-order valence-corrected chi connectivity index (χ3v) is 9.99.